The van der Waals surface area contributed by atoms with Crippen molar-refractivity contribution in [3.8, 4) is 0 Å². The summed E-state index contributed by atoms with van der Waals surface area (Å²) in [5.41, 5.74) is 9.98. The third-order valence-electron chi connectivity index (χ3n) is 3.62. The molecule has 1 unspecified atom stereocenters. The van der Waals surface area contributed by atoms with E-state index < -0.39 is 0 Å². The Kier molecular flexibility index (Phi) is 3.21. The van der Waals surface area contributed by atoms with Gasteiger partial charge in [-0.15, -0.1) is 0 Å². The van der Waals surface area contributed by atoms with Crippen LogP contribution in [0.1, 0.15) is 62.4 Å². The van der Waals surface area contributed by atoms with Crippen LogP contribution in [0.2, 0.25) is 0 Å². The molecule has 17 heavy (non-hydrogen) atoms. The first kappa shape index (κ1) is 12.5. The van der Waals surface area contributed by atoms with E-state index in [9.17, 15) is 0 Å². The lowest BCUT2D eigenvalue weighted by Crippen LogP contribution is -2.29. The first-order valence-corrected chi connectivity index (χ1v) is 6.51. The summed E-state index contributed by atoms with van der Waals surface area (Å²) in [6.45, 7) is 8.49. The molecule has 1 aliphatic carbocycles. The van der Waals surface area contributed by atoms with Gasteiger partial charge in [0.25, 0.3) is 0 Å². The van der Waals surface area contributed by atoms with Crippen molar-refractivity contribution in [3.63, 3.8) is 0 Å². The summed E-state index contributed by atoms with van der Waals surface area (Å²) in [6.07, 6.45) is 4.73. The zero-order valence-electron chi connectivity index (χ0n) is 11.4. The minimum absolute atomic E-state index is 0.00927. The second kappa shape index (κ2) is 4.37. The van der Waals surface area contributed by atoms with Gasteiger partial charge in [-0.2, -0.15) is 0 Å². The molecule has 1 heterocycles. The summed E-state index contributed by atoms with van der Waals surface area (Å²) in [6, 6.07) is -0.0894. The highest BCUT2D eigenvalue weighted by atomic mass is 15.0. The zero-order valence-corrected chi connectivity index (χ0v) is 11.4. The monoisotopic (exact) mass is 233 g/mol. The molecule has 94 valence electrons. The van der Waals surface area contributed by atoms with Crippen molar-refractivity contribution in [1.82, 2.24) is 9.97 Å². The smallest absolute Gasteiger partial charge is 0.146 e. The molecule has 1 aromatic rings. The number of nitrogens with zero attached hydrogens (tertiary/aromatic N) is 2. The molecule has 0 fully saturated rings. The van der Waals surface area contributed by atoms with E-state index in [1.54, 1.807) is 0 Å². The van der Waals surface area contributed by atoms with Crippen molar-refractivity contribution in [1.29, 1.82) is 0 Å². The molecule has 0 amide bonds. The van der Waals surface area contributed by atoms with Crippen LogP contribution in [0.3, 0.4) is 0 Å². The minimum Gasteiger partial charge on any atom is -0.321 e. The van der Waals surface area contributed by atoms with Crippen LogP contribution in [0.5, 0.6) is 0 Å². The number of nitrogens with two attached hydrogens (primary N) is 1. The van der Waals surface area contributed by atoms with Gasteiger partial charge in [-0.05, 0) is 43.6 Å². The second-order valence-electron chi connectivity index (χ2n) is 6.14. The number of aromatic nitrogens is 2. The average molecular weight is 233 g/mol. The van der Waals surface area contributed by atoms with Crippen LogP contribution < -0.4 is 5.73 Å². The van der Waals surface area contributed by atoms with Gasteiger partial charge >= 0.3 is 0 Å². The second-order valence-corrected chi connectivity index (χ2v) is 6.14. The quantitative estimate of drug-likeness (QED) is 0.811. The molecule has 3 heteroatoms. The lowest BCUT2D eigenvalue weighted by molar-refractivity contribution is 0.314. The van der Waals surface area contributed by atoms with Crippen molar-refractivity contribution >= 4 is 0 Å². The van der Waals surface area contributed by atoms with E-state index in [1.165, 1.54) is 24.1 Å². The van der Waals surface area contributed by atoms with Crippen LogP contribution in [0, 0.1) is 12.3 Å². The Morgan fingerprint density at radius 3 is 2.41 bits per heavy atom. The van der Waals surface area contributed by atoms with E-state index in [0.29, 0.717) is 0 Å². The third-order valence-corrected chi connectivity index (χ3v) is 3.62. The SMILES string of the molecule is Cc1nc(C(N)C(C)(C)C)nc2c1CCCC2. The normalized spacial score (nSPS) is 17.7. The predicted octanol–water partition coefficient (Wildman–Crippen LogP) is 2.71. The fourth-order valence-electron chi connectivity index (χ4n) is 2.33. The number of hydrogen-bond donors (Lipinski definition) is 1. The Morgan fingerprint density at radius 1 is 1.12 bits per heavy atom. The molecule has 3 nitrogen and oxygen atoms in total. The highest BCUT2D eigenvalue weighted by molar-refractivity contribution is 5.28. The maximum absolute atomic E-state index is 6.25. The van der Waals surface area contributed by atoms with Gasteiger partial charge in [-0.25, -0.2) is 9.97 Å². The van der Waals surface area contributed by atoms with Crippen LogP contribution in [0.25, 0.3) is 0 Å². The molecule has 1 aliphatic rings. The largest absolute Gasteiger partial charge is 0.321 e. The van der Waals surface area contributed by atoms with Crippen molar-refractivity contribution in [2.75, 3.05) is 0 Å². The van der Waals surface area contributed by atoms with E-state index in [0.717, 1.165) is 24.4 Å². The number of hydrogen-bond acceptors (Lipinski definition) is 3. The molecule has 0 spiro atoms. The van der Waals surface area contributed by atoms with Gasteiger partial charge in [0.2, 0.25) is 0 Å². The van der Waals surface area contributed by atoms with E-state index in [4.69, 9.17) is 10.7 Å². The van der Waals surface area contributed by atoms with E-state index >= 15 is 0 Å². The minimum atomic E-state index is -0.0894. The van der Waals surface area contributed by atoms with Gasteiger partial charge in [-0.3, -0.25) is 0 Å². The van der Waals surface area contributed by atoms with Gasteiger partial charge < -0.3 is 5.73 Å². The van der Waals surface area contributed by atoms with Gasteiger partial charge in [0, 0.05) is 11.4 Å². The number of rotatable bonds is 1. The molecule has 0 aromatic carbocycles. The molecular formula is C14H23N3. The summed E-state index contributed by atoms with van der Waals surface area (Å²) in [7, 11) is 0. The first-order chi connectivity index (χ1) is 7.89. The summed E-state index contributed by atoms with van der Waals surface area (Å²) in [5, 5.41) is 0. The summed E-state index contributed by atoms with van der Waals surface area (Å²) in [5.74, 6) is 0.815. The maximum atomic E-state index is 6.25. The highest BCUT2D eigenvalue weighted by Gasteiger charge is 2.26. The molecule has 1 atom stereocenters. The van der Waals surface area contributed by atoms with Crippen LogP contribution in [-0.4, -0.2) is 9.97 Å². The summed E-state index contributed by atoms with van der Waals surface area (Å²) >= 11 is 0. The highest BCUT2D eigenvalue weighted by Crippen LogP contribution is 2.30. The maximum Gasteiger partial charge on any atom is 0.146 e. The number of fused-ring (bicyclic) bond motifs is 1. The van der Waals surface area contributed by atoms with E-state index in [1.807, 2.05) is 0 Å². The Bertz CT molecular complexity index is 418. The summed E-state index contributed by atoms with van der Waals surface area (Å²) in [4.78, 5) is 9.32. The van der Waals surface area contributed by atoms with Crippen LogP contribution >= 0.6 is 0 Å². The topological polar surface area (TPSA) is 51.8 Å². The lowest BCUT2D eigenvalue weighted by Gasteiger charge is -2.27. The van der Waals surface area contributed by atoms with Crippen LogP contribution in [-0.2, 0) is 12.8 Å². The molecule has 1 aromatic heterocycles. The van der Waals surface area contributed by atoms with E-state index in [-0.39, 0.29) is 11.5 Å². The Hall–Kier alpha value is -0.960. The predicted molar refractivity (Wildman–Crippen MR) is 69.8 cm³/mol. The Morgan fingerprint density at radius 2 is 1.76 bits per heavy atom. The lowest BCUT2D eigenvalue weighted by atomic mass is 9.86. The van der Waals surface area contributed by atoms with E-state index in [2.05, 4.69) is 32.7 Å². The molecule has 0 bridgehead atoms. The summed E-state index contributed by atoms with van der Waals surface area (Å²) < 4.78 is 0. The third kappa shape index (κ3) is 2.49. The van der Waals surface area contributed by atoms with Gasteiger partial charge in [0.05, 0.1) is 6.04 Å². The van der Waals surface area contributed by atoms with Crippen molar-refractivity contribution < 1.29 is 0 Å². The van der Waals surface area contributed by atoms with Gasteiger partial charge in [-0.1, -0.05) is 20.8 Å². The van der Waals surface area contributed by atoms with Crippen molar-refractivity contribution in [2.24, 2.45) is 11.1 Å². The van der Waals surface area contributed by atoms with Gasteiger partial charge in [0.1, 0.15) is 5.82 Å². The molecular weight excluding hydrogens is 210 g/mol. The van der Waals surface area contributed by atoms with Gasteiger partial charge in [0.15, 0.2) is 0 Å². The van der Waals surface area contributed by atoms with Crippen molar-refractivity contribution in [3.05, 3.63) is 22.8 Å². The van der Waals surface area contributed by atoms with Crippen LogP contribution in [0.15, 0.2) is 0 Å². The standard InChI is InChI=1S/C14H23N3/c1-9-10-7-5-6-8-11(10)17-13(16-9)12(15)14(2,3)4/h12H,5-8,15H2,1-4H3. The molecule has 2 N–H and O–H groups in total. The average Bonchev–Trinajstić information content (AvgIpc) is 2.27. The first-order valence-electron chi connectivity index (χ1n) is 6.51. The molecule has 0 radical (unpaired) electrons. The molecule has 0 saturated heterocycles. The van der Waals surface area contributed by atoms with Crippen molar-refractivity contribution in [2.45, 2.75) is 59.4 Å². The molecule has 0 saturated carbocycles. The fraction of sp³-hybridized carbons (Fsp3) is 0.714. The molecule has 2 rings (SSSR count). The van der Waals surface area contributed by atoms with Crippen LogP contribution in [0.4, 0.5) is 0 Å². The fourth-order valence-corrected chi connectivity index (χ4v) is 2.33. The Labute approximate surface area is 104 Å². The number of aryl methyl sites for hydroxylation is 2. The zero-order chi connectivity index (χ0) is 12.6. The Balaban J connectivity index is 2.41. The molecule has 0 aliphatic heterocycles.